The smallest absolute Gasteiger partial charge is 0.359 e. The molecule has 2 N–H and O–H groups in total. The van der Waals surface area contributed by atoms with Crippen LogP contribution < -0.4 is 11.3 Å². The summed E-state index contributed by atoms with van der Waals surface area (Å²) in [5, 5.41) is 6.45. The van der Waals surface area contributed by atoms with Gasteiger partial charge in [0.15, 0.2) is 5.69 Å². The van der Waals surface area contributed by atoms with E-state index in [1.165, 1.54) is 31.4 Å². The predicted octanol–water partition coefficient (Wildman–Crippen LogP) is 1.96. The Morgan fingerprint density at radius 1 is 1.36 bits per heavy atom. The van der Waals surface area contributed by atoms with Gasteiger partial charge in [0.05, 0.1) is 23.2 Å². The van der Waals surface area contributed by atoms with Crippen molar-refractivity contribution in [3.8, 4) is 5.69 Å². The first-order valence-electron chi connectivity index (χ1n) is 6.17. The maximum atomic E-state index is 13.0. The van der Waals surface area contributed by atoms with Crippen LogP contribution in [0.5, 0.6) is 0 Å². The Hall–Kier alpha value is -2.74. The molecular formula is C14H10FN3O3S. The van der Waals surface area contributed by atoms with Crippen molar-refractivity contribution in [2.75, 3.05) is 12.8 Å². The Bertz CT molecular complexity index is 931. The lowest BCUT2D eigenvalue weighted by atomic mass is 10.2. The van der Waals surface area contributed by atoms with Crippen LogP contribution in [0, 0.1) is 5.82 Å². The number of rotatable bonds is 2. The number of benzene rings is 1. The van der Waals surface area contributed by atoms with Gasteiger partial charge in [-0.15, -0.1) is 11.3 Å². The SMILES string of the molecule is COC(=O)c1nn(-c2ccc(F)cc2)c(=O)c2c(N)scc12. The van der Waals surface area contributed by atoms with Crippen molar-refractivity contribution >= 4 is 33.1 Å². The molecule has 1 aromatic carbocycles. The molecule has 0 aliphatic carbocycles. The minimum Gasteiger partial charge on any atom is -0.464 e. The van der Waals surface area contributed by atoms with E-state index in [1.807, 2.05) is 0 Å². The van der Waals surface area contributed by atoms with Gasteiger partial charge < -0.3 is 10.5 Å². The van der Waals surface area contributed by atoms with E-state index in [9.17, 15) is 14.0 Å². The summed E-state index contributed by atoms with van der Waals surface area (Å²) in [5.74, 6) is -1.13. The molecule has 3 aromatic rings. The third-order valence-corrected chi connectivity index (χ3v) is 3.94. The molecule has 3 rings (SSSR count). The Kier molecular flexibility index (Phi) is 3.38. The number of esters is 1. The van der Waals surface area contributed by atoms with Gasteiger partial charge in [-0.05, 0) is 24.3 Å². The zero-order valence-corrected chi connectivity index (χ0v) is 12.2. The summed E-state index contributed by atoms with van der Waals surface area (Å²) >= 11 is 1.14. The molecule has 0 spiro atoms. The largest absolute Gasteiger partial charge is 0.464 e. The molecule has 0 radical (unpaired) electrons. The maximum absolute atomic E-state index is 13.0. The van der Waals surface area contributed by atoms with Crippen molar-refractivity contribution in [2.24, 2.45) is 0 Å². The van der Waals surface area contributed by atoms with Crippen molar-refractivity contribution < 1.29 is 13.9 Å². The first kappa shape index (κ1) is 14.2. The lowest BCUT2D eigenvalue weighted by Gasteiger charge is -2.08. The summed E-state index contributed by atoms with van der Waals surface area (Å²) in [6.45, 7) is 0. The maximum Gasteiger partial charge on any atom is 0.359 e. The first-order valence-corrected chi connectivity index (χ1v) is 7.05. The van der Waals surface area contributed by atoms with Crippen molar-refractivity contribution in [3.63, 3.8) is 0 Å². The van der Waals surface area contributed by atoms with E-state index in [4.69, 9.17) is 10.5 Å². The van der Waals surface area contributed by atoms with Gasteiger partial charge in [-0.25, -0.2) is 9.18 Å². The van der Waals surface area contributed by atoms with Gasteiger partial charge in [-0.1, -0.05) is 0 Å². The van der Waals surface area contributed by atoms with Gasteiger partial charge in [-0.3, -0.25) is 4.79 Å². The molecule has 2 heterocycles. The van der Waals surface area contributed by atoms with E-state index in [1.54, 1.807) is 5.38 Å². The van der Waals surface area contributed by atoms with Crippen molar-refractivity contribution in [3.05, 3.63) is 51.5 Å². The number of nitrogens with two attached hydrogens (primary N) is 1. The van der Waals surface area contributed by atoms with Gasteiger partial charge in [0.1, 0.15) is 5.82 Å². The lowest BCUT2D eigenvalue weighted by molar-refractivity contribution is 0.0594. The molecule has 22 heavy (non-hydrogen) atoms. The summed E-state index contributed by atoms with van der Waals surface area (Å²) in [4.78, 5) is 24.4. The first-order chi connectivity index (χ1) is 10.5. The van der Waals surface area contributed by atoms with Crippen LogP contribution in [0.25, 0.3) is 16.5 Å². The highest BCUT2D eigenvalue weighted by atomic mass is 32.1. The summed E-state index contributed by atoms with van der Waals surface area (Å²) < 4.78 is 18.7. The average Bonchev–Trinajstić information content (AvgIpc) is 2.91. The van der Waals surface area contributed by atoms with E-state index in [2.05, 4.69) is 5.10 Å². The molecule has 0 unspecified atom stereocenters. The number of methoxy groups -OCH3 is 1. The molecule has 6 nitrogen and oxygen atoms in total. The van der Waals surface area contributed by atoms with Crippen LogP contribution in [-0.4, -0.2) is 22.9 Å². The number of hydrogen-bond acceptors (Lipinski definition) is 6. The quantitative estimate of drug-likeness (QED) is 0.730. The Labute approximate surface area is 127 Å². The summed E-state index contributed by atoms with van der Waals surface area (Å²) in [6, 6.07) is 5.17. The van der Waals surface area contributed by atoms with Crippen LogP contribution >= 0.6 is 11.3 Å². The molecule has 8 heteroatoms. The standard InChI is InChI=1S/C14H10FN3O3S/c1-21-14(20)11-9-6-22-12(16)10(9)13(19)18(17-11)8-4-2-7(15)3-5-8/h2-6H,16H2,1H3. The van der Waals surface area contributed by atoms with Gasteiger partial charge >= 0.3 is 5.97 Å². The van der Waals surface area contributed by atoms with E-state index in [-0.39, 0.29) is 16.1 Å². The van der Waals surface area contributed by atoms with Crippen molar-refractivity contribution in [1.29, 1.82) is 0 Å². The third-order valence-electron chi connectivity index (χ3n) is 3.13. The van der Waals surface area contributed by atoms with Gasteiger partial charge in [0.25, 0.3) is 5.56 Å². The van der Waals surface area contributed by atoms with E-state index >= 15 is 0 Å². The molecule has 0 atom stereocenters. The van der Waals surface area contributed by atoms with E-state index in [0.717, 1.165) is 16.0 Å². The van der Waals surface area contributed by atoms with Crippen LogP contribution in [0.3, 0.4) is 0 Å². The van der Waals surface area contributed by atoms with Gasteiger partial charge in [0, 0.05) is 10.8 Å². The second-order valence-electron chi connectivity index (χ2n) is 4.42. The van der Waals surface area contributed by atoms with Crippen LogP contribution in [0.4, 0.5) is 9.39 Å². The predicted molar refractivity (Wildman–Crippen MR) is 80.9 cm³/mol. The molecule has 0 bridgehead atoms. The van der Waals surface area contributed by atoms with Crippen LogP contribution in [-0.2, 0) is 4.74 Å². The molecule has 0 saturated carbocycles. The van der Waals surface area contributed by atoms with E-state index in [0.29, 0.717) is 11.1 Å². The monoisotopic (exact) mass is 319 g/mol. The number of thiophene rings is 1. The minimum atomic E-state index is -0.682. The fourth-order valence-electron chi connectivity index (χ4n) is 2.08. The highest BCUT2D eigenvalue weighted by Crippen LogP contribution is 2.27. The van der Waals surface area contributed by atoms with E-state index < -0.39 is 17.3 Å². The number of carbonyl (C=O) groups excluding carboxylic acids is 1. The number of fused-ring (bicyclic) bond motifs is 1. The topological polar surface area (TPSA) is 87.2 Å². The zero-order chi connectivity index (χ0) is 15.9. The number of nitrogens with zero attached hydrogens (tertiary/aromatic N) is 2. The number of nitrogen functional groups attached to an aromatic ring is 1. The summed E-state index contributed by atoms with van der Waals surface area (Å²) in [6.07, 6.45) is 0. The highest BCUT2D eigenvalue weighted by Gasteiger charge is 2.20. The second kappa shape index (κ2) is 5.23. The number of ether oxygens (including phenoxy) is 1. The number of aromatic nitrogens is 2. The average molecular weight is 319 g/mol. The highest BCUT2D eigenvalue weighted by molar-refractivity contribution is 7.15. The van der Waals surface area contributed by atoms with Gasteiger partial charge in [-0.2, -0.15) is 9.78 Å². The molecule has 112 valence electrons. The number of halogens is 1. The third kappa shape index (κ3) is 2.13. The number of carbonyl (C=O) groups is 1. The Morgan fingerprint density at radius 3 is 2.68 bits per heavy atom. The Morgan fingerprint density at radius 2 is 2.05 bits per heavy atom. The molecule has 0 aliphatic rings. The second-order valence-corrected chi connectivity index (χ2v) is 5.33. The molecule has 0 aliphatic heterocycles. The lowest BCUT2D eigenvalue weighted by Crippen LogP contribution is -2.24. The fourth-order valence-corrected chi connectivity index (χ4v) is 2.87. The number of hydrogen-bond donors (Lipinski definition) is 1. The fraction of sp³-hybridized carbons (Fsp3) is 0.0714. The molecule has 0 fully saturated rings. The van der Waals surface area contributed by atoms with Crippen LogP contribution in [0.1, 0.15) is 10.5 Å². The zero-order valence-electron chi connectivity index (χ0n) is 11.4. The summed E-state index contributed by atoms with van der Waals surface area (Å²) in [5.41, 5.74) is 5.65. The Balaban J connectivity index is 2.38. The molecule has 0 amide bonds. The molecular weight excluding hydrogens is 309 g/mol. The van der Waals surface area contributed by atoms with Crippen molar-refractivity contribution in [2.45, 2.75) is 0 Å². The normalized spacial score (nSPS) is 10.8. The summed E-state index contributed by atoms with van der Waals surface area (Å²) in [7, 11) is 1.22. The van der Waals surface area contributed by atoms with Gasteiger partial charge in [0.2, 0.25) is 0 Å². The van der Waals surface area contributed by atoms with Crippen LogP contribution in [0.2, 0.25) is 0 Å². The molecule has 0 saturated heterocycles. The van der Waals surface area contributed by atoms with Crippen molar-refractivity contribution in [1.82, 2.24) is 9.78 Å². The molecule has 2 aromatic heterocycles. The van der Waals surface area contributed by atoms with Crippen LogP contribution in [0.15, 0.2) is 34.4 Å². The number of anilines is 1. The minimum absolute atomic E-state index is 0.0191.